The lowest BCUT2D eigenvalue weighted by molar-refractivity contribution is 0.168. The van der Waals surface area contributed by atoms with Gasteiger partial charge in [-0.3, -0.25) is 9.88 Å². The Bertz CT molecular complexity index is 1090. The maximum atomic E-state index is 7.13. The van der Waals surface area contributed by atoms with Gasteiger partial charge in [-0.25, -0.2) is 4.85 Å². The summed E-state index contributed by atoms with van der Waals surface area (Å²) in [5.41, 5.74) is 3.65. The molecule has 1 aromatic heterocycles. The molecule has 4 rings (SSSR count). The van der Waals surface area contributed by atoms with Crippen LogP contribution in [0.1, 0.15) is 30.3 Å². The van der Waals surface area contributed by atoms with Gasteiger partial charge in [0.25, 0.3) is 0 Å². The summed E-state index contributed by atoms with van der Waals surface area (Å²) in [7, 11) is 0. The molecule has 1 aliphatic rings. The average Bonchev–Trinajstić information content (AvgIpc) is 2.79. The molecule has 2 heterocycles. The lowest BCUT2D eigenvalue weighted by atomic mass is 9.99. The number of hydrogen-bond donors (Lipinski definition) is 0. The maximum Gasteiger partial charge on any atom is 0.205 e. The molecule has 1 unspecified atom stereocenters. The van der Waals surface area contributed by atoms with E-state index in [2.05, 4.69) is 38.7 Å². The van der Waals surface area contributed by atoms with Crippen molar-refractivity contribution in [2.75, 3.05) is 24.5 Å². The minimum Gasteiger partial charge on any atom is -0.361 e. The van der Waals surface area contributed by atoms with E-state index in [1.54, 1.807) is 12.3 Å². The lowest BCUT2D eigenvalue weighted by Crippen LogP contribution is -2.49. The number of nitrogens with zero attached hydrogens (tertiary/aromatic N) is 4. The Morgan fingerprint density at radius 3 is 2.39 bits per heavy atom. The molecule has 2 aromatic carbocycles. The molecule has 0 N–H and O–H groups in total. The van der Waals surface area contributed by atoms with E-state index in [4.69, 9.17) is 41.4 Å². The van der Waals surface area contributed by atoms with Crippen molar-refractivity contribution in [1.29, 1.82) is 0 Å². The first-order chi connectivity index (χ1) is 15.0. The van der Waals surface area contributed by atoms with Crippen molar-refractivity contribution in [3.8, 4) is 0 Å². The number of anilines is 1. The molecule has 0 bridgehead atoms. The number of halogens is 3. The van der Waals surface area contributed by atoms with Crippen LogP contribution in [-0.4, -0.2) is 29.5 Å². The van der Waals surface area contributed by atoms with Gasteiger partial charge >= 0.3 is 0 Å². The van der Waals surface area contributed by atoms with E-state index >= 15 is 0 Å². The topological polar surface area (TPSA) is 23.7 Å². The van der Waals surface area contributed by atoms with Gasteiger partial charge in [-0.15, -0.1) is 0 Å². The molecule has 31 heavy (non-hydrogen) atoms. The summed E-state index contributed by atoms with van der Waals surface area (Å²) in [6.07, 6.45) is 1.64. The first-order valence-corrected chi connectivity index (χ1v) is 11.1. The number of rotatable bonds is 4. The van der Waals surface area contributed by atoms with Crippen LogP contribution in [0.5, 0.6) is 0 Å². The van der Waals surface area contributed by atoms with E-state index in [1.807, 2.05) is 36.4 Å². The fourth-order valence-corrected chi connectivity index (χ4v) is 4.67. The highest BCUT2D eigenvalue weighted by Crippen LogP contribution is 2.38. The first kappa shape index (κ1) is 21.9. The predicted molar refractivity (Wildman–Crippen MR) is 128 cm³/mol. The number of hydrogen-bond acceptors (Lipinski definition) is 3. The summed E-state index contributed by atoms with van der Waals surface area (Å²) in [6, 6.07) is 17.6. The second-order valence-corrected chi connectivity index (χ2v) is 8.86. The Kier molecular flexibility index (Phi) is 6.69. The molecule has 0 amide bonds. The van der Waals surface area contributed by atoms with Crippen molar-refractivity contribution < 1.29 is 0 Å². The highest BCUT2D eigenvalue weighted by Gasteiger charge is 2.32. The fraction of sp³-hybridized carbons (Fsp3) is 0.250. The zero-order chi connectivity index (χ0) is 22.0. The maximum absolute atomic E-state index is 7.13. The van der Waals surface area contributed by atoms with Gasteiger partial charge in [-0.1, -0.05) is 53.0 Å². The third-order valence-corrected chi connectivity index (χ3v) is 6.55. The molecule has 7 heteroatoms. The molecular weight excluding hydrogens is 451 g/mol. The summed E-state index contributed by atoms with van der Waals surface area (Å²) in [5.74, 6) is 0. The number of benzene rings is 2. The van der Waals surface area contributed by atoms with Crippen molar-refractivity contribution in [3.63, 3.8) is 0 Å². The zero-order valence-corrected chi connectivity index (χ0v) is 19.2. The van der Waals surface area contributed by atoms with Crippen molar-refractivity contribution in [2.24, 2.45) is 0 Å². The zero-order valence-electron chi connectivity index (χ0n) is 17.0. The molecule has 0 radical (unpaired) electrons. The predicted octanol–water partition coefficient (Wildman–Crippen LogP) is 7.22. The summed E-state index contributed by atoms with van der Waals surface area (Å²) in [5, 5.41) is 1.98. The summed E-state index contributed by atoms with van der Waals surface area (Å²) < 4.78 is 0. The van der Waals surface area contributed by atoms with E-state index in [-0.39, 0.29) is 12.1 Å². The van der Waals surface area contributed by atoms with E-state index < -0.39 is 0 Å². The van der Waals surface area contributed by atoms with Crippen LogP contribution in [-0.2, 0) is 0 Å². The van der Waals surface area contributed by atoms with Gasteiger partial charge in [0, 0.05) is 41.9 Å². The van der Waals surface area contributed by atoms with Gasteiger partial charge in [0.05, 0.1) is 29.0 Å². The Labute approximate surface area is 197 Å². The molecule has 1 aliphatic heterocycles. The standard InChI is InChI=1S/C24H21Cl3N4/c1-16(22-9-8-20(28-2)14-29-22)30-11-12-31(23-10-7-19(26)13-21(23)27)24(15-30)17-3-5-18(25)6-4-17/h3-10,13-14,16,24H,11-12,15H2,1H3/t16-,24?/m1/s1. The monoisotopic (exact) mass is 470 g/mol. The Morgan fingerprint density at radius 1 is 1.00 bits per heavy atom. The van der Waals surface area contributed by atoms with Crippen molar-refractivity contribution in [3.05, 3.63) is 98.5 Å². The van der Waals surface area contributed by atoms with E-state index in [1.165, 1.54) is 5.56 Å². The lowest BCUT2D eigenvalue weighted by Gasteiger charge is -2.45. The number of piperazine rings is 1. The van der Waals surface area contributed by atoms with E-state index in [9.17, 15) is 0 Å². The second-order valence-electron chi connectivity index (χ2n) is 7.58. The molecule has 1 fully saturated rings. The molecule has 3 aromatic rings. The Hall–Kier alpha value is -2.29. The van der Waals surface area contributed by atoms with Gasteiger partial charge in [0.1, 0.15) is 0 Å². The average molecular weight is 472 g/mol. The van der Waals surface area contributed by atoms with Crippen LogP contribution in [0.25, 0.3) is 4.85 Å². The minimum atomic E-state index is 0.0923. The molecule has 0 aliphatic carbocycles. The number of aromatic nitrogens is 1. The van der Waals surface area contributed by atoms with Crippen molar-refractivity contribution >= 4 is 46.2 Å². The summed E-state index contributed by atoms with van der Waals surface area (Å²) in [4.78, 5) is 12.7. The highest BCUT2D eigenvalue weighted by molar-refractivity contribution is 6.36. The normalized spacial score (nSPS) is 17.9. The largest absolute Gasteiger partial charge is 0.361 e. The Morgan fingerprint density at radius 2 is 1.74 bits per heavy atom. The molecule has 0 saturated carbocycles. The van der Waals surface area contributed by atoms with Crippen molar-refractivity contribution in [2.45, 2.75) is 19.0 Å². The molecule has 2 atom stereocenters. The first-order valence-electron chi connectivity index (χ1n) is 10.0. The van der Waals surface area contributed by atoms with Crippen LogP contribution in [0.3, 0.4) is 0 Å². The van der Waals surface area contributed by atoms with Crippen LogP contribution >= 0.6 is 34.8 Å². The molecule has 1 saturated heterocycles. The second kappa shape index (κ2) is 9.46. The van der Waals surface area contributed by atoms with Crippen LogP contribution in [0.2, 0.25) is 15.1 Å². The van der Waals surface area contributed by atoms with E-state index in [0.717, 1.165) is 31.0 Å². The smallest absolute Gasteiger partial charge is 0.205 e. The number of pyridine rings is 1. The Balaban J connectivity index is 1.65. The minimum absolute atomic E-state index is 0.0923. The van der Waals surface area contributed by atoms with Gasteiger partial charge in [0.15, 0.2) is 0 Å². The summed E-state index contributed by atoms with van der Waals surface area (Å²) in [6.45, 7) is 11.7. The van der Waals surface area contributed by atoms with Gasteiger partial charge in [0.2, 0.25) is 5.69 Å². The van der Waals surface area contributed by atoms with Crippen LogP contribution in [0, 0.1) is 6.57 Å². The molecule has 0 spiro atoms. The third kappa shape index (κ3) is 4.81. The summed E-state index contributed by atoms with van der Waals surface area (Å²) >= 11 is 18.8. The molecular formula is C24H21Cl3N4. The van der Waals surface area contributed by atoms with Gasteiger partial charge in [-0.05, 0) is 48.9 Å². The highest BCUT2D eigenvalue weighted by atomic mass is 35.5. The third-order valence-electron chi connectivity index (χ3n) is 5.76. The van der Waals surface area contributed by atoms with Gasteiger partial charge in [-0.2, -0.15) is 0 Å². The van der Waals surface area contributed by atoms with Crippen LogP contribution in [0.4, 0.5) is 11.4 Å². The molecule has 4 nitrogen and oxygen atoms in total. The van der Waals surface area contributed by atoms with Crippen LogP contribution < -0.4 is 4.90 Å². The SMILES string of the molecule is [C-]#[N+]c1ccc([C@@H](C)N2CCN(c3ccc(Cl)cc3Cl)C(c3ccc(Cl)cc3)C2)nc1. The van der Waals surface area contributed by atoms with Crippen molar-refractivity contribution in [1.82, 2.24) is 9.88 Å². The van der Waals surface area contributed by atoms with E-state index in [0.29, 0.717) is 20.8 Å². The molecule has 158 valence electrons. The van der Waals surface area contributed by atoms with Gasteiger partial charge < -0.3 is 4.90 Å². The van der Waals surface area contributed by atoms with Crippen LogP contribution in [0.15, 0.2) is 60.8 Å². The quantitative estimate of drug-likeness (QED) is 0.375. The fourth-order valence-electron chi connectivity index (χ4n) is 4.03.